The number of para-hydroxylation sites is 1. The Labute approximate surface area is 192 Å². The highest BCUT2D eigenvalue weighted by atomic mass is 32.2. The summed E-state index contributed by atoms with van der Waals surface area (Å²) in [6.45, 7) is 9.63. The van der Waals surface area contributed by atoms with Crippen molar-refractivity contribution in [3.63, 3.8) is 0 Å². The first-order chi connectivity index (χ1) is 15.0. The lowest BCUT2D eigenvalue weighted by molar-refractivity contribution is -0.123. The van der Waals surface area contributed by atoms with Gasteiger partial charge < -0.3 is 10.1 Å². The third-order valence-electron chi connectivity index (χ3n) is 6.35. The van der Waals surface area contributed by atoms with Gasteiger partial charge in [-0.05, 0) is 62.9 Å². The quantitative estimate of drug-likeness (QED) is 0.655. The first-order valence-corrected chi connectivity index (χ1v) is 13.0. The Morgan fingerprint density at radius 2 is 1.75 bits per heavy atom. The zero-order valence-corrected chi connectivity index (χ0v) is 20.6. The van der Waals surface area contributed by atoms with E-state index in [9.17, 15) is 13.2 Å². The molecule has 0 aliphatic carbocycles. The number of fused-ring (bicyclic) bond motifs is 1. The molecular weight excluding hydrogens is 424 g/mol. The molecule has 2 atom stereocenters. The summed E-state index contributed by atoms with van der Waals surface area (Å²) < 4.78 is 33.0. The van der Waals surface area contributed by atoms with Crippen LogP contribution in [0.5, 0.6) is 5.75 Å². The van der Waals surface area contributed by atoms with Gasteiger partial charge in [-0.1, -0.05) is 38.1 Å². The van der Waals surface area contributed by atoms with Gasteiger partial charge in [0.15, 0.2) is 0 Å². The van der Waals surface area contributed by atoms with E-state index < -0.39 is 16.1 Å². The molecule has 1 amide bonds. The molecule has 32 heavy (non-hydrogen) atoms. The Morgan fingerprint density at radius 3 is 2.31 bits per heavy atom. The summed E-state index contributed by atoms with van der Waals surface area (Å²) >= 11 is 0. The number of ether oxygens (including phenoxy) is 1. The van der Waals surface area contributed by atoms with Crippen LogP contribution < -0.4 is 14.4 Å². The van der Waals surface area contributed by atoms with Crippen molar-refractivity contribution in [2.75, 3.05) is 10.6 Å². The van der Waals surface area contributed by atoms with Crippen molar-refractivity contribution < 1.29 is 17.9 Å². The standard InChI is InChI=1S/C25H34N2O4S/c1-7-25(8-2)16-22(21-11-9-10-12-23(21)31-25)26-24(28)19(5)27(32(6,29)30)20-14-17(3)13-18(4)15-20/h9-15,19,22H,7-8,16H2,1-6H3,(H,26,28). The van der Waals surface area contributed by atoms with E-state index in [-0.39, 0.29) is 17.6 Å². The zero-order chi connectivity index (χ0) is 23.7. The topological polar surface area (TPSA) is 75.7 Å². The predicted molar refractivity (Wildman–Crippen MR) is 129 cm³/mol. The molecule has 0 radical (unpaired) electrons. The van der Waals surface area contributed by atoms with Gasteiger partial charge >= 0.3 is 0 Å². The highest BCUT2D eigenvalue weighted by Crippen LogP contribution is 2.42. The second kappa shape index (κ2) is 9.14. The molecule has 0 fully saturated rings. The van der Waals surface area contributed by atoms with E-state index >= 15 is 0 Å². The molecule has 0 spiro atoms. The van der Waals surface area contributed by atoms with Crippen LogP contribution >= 0.6 is 0 Å². The molecule has 1 aliphatic rings. The monoisotopic (exact) mass is 458 g/mol. The number of aryl methyl sites for hydroxylation is 2. The van der Waals surface area contributed by atoms with E-state index in [1.807, 2.05) is 44.2 Å². The molecule has 2 aromatic carbocycles. The van der Waals surface area contributed by atoms with Crippen LogP contribution in [0.25, 0.3) is 0 Å². The van der Waals surface area contributed by atoms with Crippen molar-refractivity contribution >= 4 is 21.6 Å². The number of hydrogen-bond donors (Lipinski definition) is 1. The number of carbonyl (C=O) groups is 1. The predicted octanol–water partition coefficient (Wildman–Crippen LogP) is 4.66. The number of sulfonamides is 1. The van der Waals surface area contributed by atoms with Crippen LogP contribution in [-0.2, 0) is 14.8 Å². The molecule has 174 valence electrons. The molecule has 3 rings (SSSR count). The summed E-state index contributed by atoms with van der Waals surface area (Å²) in [7, 11) is -3.68. The van der Waals surface area contributed by atoms with Crippen LogP contribution in [0.3, 0.4) is 0 Å². The SMILES string of the molecule is CCC1(CC)CC(NC(=O)C(C)N(c2cc(C)cc(C)c2)S(C)(=O)=O)c2ccccc2O1. The molecule has 0 aromatic heterocycles. The second-order valence-corrected chi connectivity index (χ2v) is 10.7. The minimum absolute atomic E-state index is 0.254. The first-order valence-electron chi connectivity index (χ1n) is 11.2. The summed E-state index contributed by atoms with van der Waals surface area (Å²) in [5, 5.41) is 3.12. The Kier molecular flexibility index (Phi) is 6.89. The molecule has 1 heterocycles. The van der Waals surface area contributed by atoms with Crippen molar-refractivity contribution in [2.24, 2.45) is 0 Å². The maximum atomic E-state index is 13.4. The van der Waals surface area contributed by atoms with E-state index in [4.69, 9.17) is 4.74 Å². The van der Waals surface area contributed by atoms with Crippen molar-refractivity contribution in [3.8, 4) is 5.75 Å². The number of hydrogen-bond acceptors (Lipinski definition) is 4. The van der Waals surface area contributed by atoms with Gasteiger partial charge in [0, 0.05) is 12.0 Å². The fourth-order valence-electron chi connectivity index (χ4n) is 4.61. The number of nitrogens with zero attached hydrogens (tertiary/aromatic N) is 1. The molecule has 1 aliphatic heterocycles. The van der Waals surface area contributed by atoms with Crippen LogP contribution in [0.15, 0.2) is 42.5 Å². The van der Waals surface area contributed by atoms with Gasteiger partial charge in [-0.25, -0.2) is 8.42 Å². The van der Waals surface area contributed by atoms with Crippen LogP contribution in [0.2, 0.25) is 0 Å². The van der Waals surface area contributed by atoms with Crippen LogP contribution in [0, 0.1) is 13.8 Å². The number of nitrogens with one attached hydrogen (secondary N) is 1. The summed E-state index contributed by atoms with van der Waals surface area (Å²) in [5.41, 5.74) is 2.93. The molecule has 6 nitrogen and oxygen atoms in total. The lowest BCUT2D eigenvalue weighted by Crippen LogP contribution is -2.51. The number of anilines is 1. The van der Waals surface area contributed by atoms with Gasteiger partial charge in [0.05, 0.1) is 18.0 Å². The highest BCUT2D eigenvalue weighted by molar-refractivity contribution is 7.92. The fraction of sp³-hybridized carbons (Fsp3) is 0.480. The average Bonchev–Trinajstić information content (AvgIpc) is 2.71. The van der Waals surface area contributed by atoms with Crippen LogP contribution in [-0.4, -0.2) is 32.2 Å². The lowest BCUT2D eigenvalue weighted by atomic mass is 9.83. The lowest BCUT2D eigenvalue weighted by Gasteiger charge is -2.42. The van der Waals surface area contributed by atoms with Gasteiger partial charge in [-0.2, -0.15) is 0 Å². The number of carbonyl (C=O) groups excluding carboxylic acids is 1. The van der Waals surface area contributed by atoms with Crippen molar-refractivity contribution in [2.45, 2.75) is 71.6 Å². The first kappa shape index (κ1) is 24.1. The fourth-order valence-corrected chi connectivity index (χ4v) is 5.77. The van der Waals surface area contributed by atoms with E-state index in [1.54, 1.807) is 19.1 Å². The molecule has 7 heteroatoms. The van der Waals surface area contributed by atoms with Gasteiger partial charge in [-0.15, -0.1) is 0 Å². The molecular formula is C25H34N2O4S. The Hall–Kier alpha value is -2.54. The summed E-state index contributed by atoms with van der Waals surface area (Å²) in [6, 6.07) is 12.1. The van der Waals surface area contributed by atoms with E-state index in [0.29, 0.717) is 12.1 Å². The van der Waals surface area contributed by atoms with E-state index in [0.717, 1.165) is 41.5 Å². The number of rotatable bonds is 7. The van der Waals surface area contributed by atoms with Crippen LogP contribution in [0.4, 0.5) is 5.69 Å². The molecule has 1 N–H and O–H groups in total. The minimum Gasteiger partial charge on any atom is -0.487 e. The maximum Gasteiger partial charge on any atom is 0.244 e. The average molecular weight is 459 g/mol. The number of amides is 1. The van der Waals surface area contributed by atoms with Gasteiger partial charge in [0.1, 0.15) is 17.4 Å². The highest BCUT2D eigenvalue weighted by Gasteiger charge is 2.40. The van der Waals surface area contributed by atoms with Crippen LogP contribution in [0.1, 0.15) is 62.8 Å². The van der Waals surface area contributed by atoms with Crippen molar-refractivity contribution in [1.29, 1.82) is 0 Å². The molecule has 0 saturated heterocycles. The van der Waals surface area contributed by atoms with Gasteiger partial charge in [0.2, 0.25) is 15.9 Å². The molecule has 2 unspecified atom stereocenters. The largest absolute Gasteiger partial charge is 0.487 e. The summed E-state index contributed by atoms with van der Waals surface area (Å²) in [4.78, 5) is 13.4. The van der Waals surface area contributed by atoms with E-state index in [2.05, 4.69) is 19.2 Å². The summed E-state index contributed by atoms with van der Waals surface area (Å²) in [5.74, 6) is 0.437. The van der Waals surface area contributed by atoms with Crippen molar-refractivity contribution in [3.05, 3.63) is 59.2 Å². The normalized spacial score (nSPS) is 18.2. The van der Waals surface area contributed by atoms with Crippen molar-refractivity contribution in [1.82, 2.24) is 5.32 Å². The van der Waals surface area contributed by atoms with E-state index in [1.165, 1.54) is 4.31 Å². The zero-order valence-electron chi connectivity index (χ0n) is 19.8. The smallest absolute Gasteiger partial charge is 0.244 e. The third kappa shape index (κ3) is 4.93. The molecule has 0 saturated carbocycles. The number of benzene rings is 2. The molecule has 2 aromatic rings. The van der Waals surface area contributed by atoms with Gasteiger partial charge in [0.25, 0.3) is 0 Å². The second-order valence-electron chi connectivity index (χ2n) is 8.88. The minimum atomic E-state index is -3.68. The molecule has 0 bridgehead atoms. The maximum absolute atomic E-state index is 13.4. The Balaban J connectivity index is 1.93. The Bertz CT molecular complexity index is 1070. The van der Waals surface area contributed by atoms with Gasteiger partial charge in [-0.3, -0.25) is 9.10 Å². The Morgan fingerprint density at radius 1 is 1.16 bits per heavy atom. The third-order valence-corrected chi connectivity index (χ3v) is 7.59. The summed E-state index contributed by atoms with van der Waals surface area (Å²) in [6.07, 6.45) is 3.41.